The number of hydrogen-bond acceptors (Lipinski definition) is 9. The first kappa shape index (κ1) is 26.9. The lowest BCUT2D eigenvalue weighted by atomic mass is 9.74. The minimum absolute atomic E-state index is 0.0902. The van der Waals surface area contributed by atoms with Gasteiger partial charge in [-0.05, 0) is 61.9 Å². The number of ether oxygens (including phenoxy) is 3. The lowest BCUT2D eigenvalue weighted by molar-refractivity contribution is -0.0855. The van der Waals surface area contributed by atoms with Crippen LogP contribution in [0.15, 0.2) is 18.2 Å². The van der Waals surface area contributed by atoms with E-state index in [2.05, 4.69) is 28.0 Å². The van der Waals surface area contributed by atoms with Crippen LogP contribution < -0.4 is 15.4 Å². The van der Waals surface area contributed by atoms with Crippen LogP contribution in [-0.2, 0) is 34.5 Å². The molecule has 2 N–H and O–H groups in total. The molecular weight excluding hydrogens is 523 g/mol. The second kappa shape index (κ2) is 10.7. The van der Waals surface area contributed by atoms with Gasteiger partial charge in [0.1, 0.15) is 18.6 Å². The average molecular weight is 563 g/mol. The van der Waals surface area contributed by atoms with Gasteiger partial charge in [0, 0.05) is 56.1 Å². The van der Waals surface area contributed by atoms with Crippen molar-refractivity contribution < 1.29 is 18.6 Å². The van der Waals surface area contributed by atoms with E-state index >= 15 is 0 Å². The van der Waals surface area contributed by atoms with Crippen molar-refractivity contribution in [2.75, 3.05) is 56.6 Å². The Bertz CT molecular complexity index is 1350. The van der Waals surface area contributed by atoms with E-state index in [-0.39, 0.29) is 11.5 Å². The molecule has 1 aromatic carbocycles. The van der Waals surface area contributed by atoms with Crippen molar-refractivity contribution >= 4 is 11.5 Å². The molecule has 0 radical (unpaired) electrons. The van der Waals surface area contributed by atoms with Crippen LogP contribution in [0, 0.1) is 17.2 Å². The maximum absolute atomic E-state index is 14.4. The Labute approximate surface area is 240 Å². The maximum Gasteiger partial charge on any atom is 0.318 e. The molecule has 1 aromatic heterocycles. The normalized spacial score (nSPS) is 31.3. The molecule has 41 heavy (non-hydrogen) atoms. The topological polar surface area (TPSA) is 110 Å². The standard InChI is InChI=1S/C31H39FN6O3/c32-23-14-30(7-2-10-38(30)17-23)20-40-29-35-27-15-31(8-1-3-22-4-5-24(34)13-26(22)31)41-19-25(27)28(36-29)37-11-12-39-18-21(16-37)6-9-33/h4-5,13,21,23H,1-3,6-8,10-12,14-20,34H2/t21?,23-,30+,31+/m1/s1. The van der Waals surface area contributed by atoms with Gasteiger partial charge in [-0.2, -0.15) is 15.2 Å². The highest BCUT2D eigenvalue weighted by Gasteiger charge is 2.50. The van der Waals surface area contributed by atoms with E-state index in [4.69, 9.17) is 29.9 Å². The lowest BCUT2D eigenvalue weighted by Gasteiger charge is -2.43. The van der Waals surface area contributed by atoms with Gasteiger partial charge in [0.15, 0.2) is 0 Å². The van der Waals surface area contributed by atoms with Crippen molar-refractivity contribution in [3.63, 3.8) is 0 Å². The summed E-state index contributed by atoms with van der Waals surface area (Å²) in [6.07, 6.45) is 5.66. The number of nitrogens with two attached hydrogens (primary N) is 1. The van der Waals surface area contributed by atoms with E-state index in [9.17, 15) is 9.65 Å². The summed E-state index contributed by atoms with van der Waals surface area (Å²) in [4.78, 5) is 14.5. The molecule has 3 saturated heterocycles. The molecule has 0 saturated carbocycles. The van der Waals surface area contributed by atoms with E-state index in [1.165, 1.54) is 5.56 Å². The predicted octanol–water partition coefficient (Wildman–Crippen LogP) is 3.68. The highest BCUT2D eigenvalue weighted by molar-refractivity contribution is 5.54. The van der Waals surface area contributed by atoms with Crippen LogP contribution in [0.25, 0.3) is 0 Å². The van der Waals surface area contributed by atoms with E-state index in [1.807, 2.05) is 6.07 Å². The fourth-order valence-electron chi connectivity index (χ4n) is 7.89. The van der Waals surface area contributed by atoms with Crippen molar-refractivity contribution in [3.05, 3.63) is 40.6 Å². The number of rotatable bonds is 5. The molecule has 3 fully saturated rings. The Morgan fingerprint density at radius 2 is 2.12 bits per heavy atom. The van der Waals surface area contributed by atoms with E-state index in [0.717, 1.165) is 67.0 Å². The minimum Gasteiger partial charge on any atom is -0.461 e. The van der Waals surface area contributed by atoms with Gasteiger partial charge in [-0.25, -0.2) is 4.39 Å². The fourth-order valence-corrected chi connectivity index (χ4v) is 7.89. The molecule has 9 nitrogen and oxygen atoms in total. The zero-order valence-electron chi connectivity index (χ0n) is 23.6. The first-order valence-corrected chi connectivity index (χ1v) is 15.1. The number of aryl methyl sites for hydroxylation is 1. The molecule has 7 rings (SSSR count). The van der Waals surface area contributed by atoms with Crippen LogP contribution in [-0.4, -0.2) is 72.6 Å². The molecule has 5 heterocycles. The third-order valence-corrected chi connectivity index (χ3v) is 9.90. The maximum atomic E-state index is 14.4. The second-order valence-electron chi connectivity index (χ2n) is 12.6. The number of alkyl halides is 1. The largest absolute Gasteiger partial charge is 0.461 e. The molecule has 0 amide bonds. The molecule has 4 aliphatic heterocycles. The lowest BCUT2D eigenvalue weighted by Crippen LogP contribution is -2.44. The van der Waals surface area contributed by atoms with Gasteiger partial charge in [0.25, 0.3) is 0 Å². The molecule has 5 aliphatic rings. The summed E-state index contributed by atoms with van der Waals surface area (Å²) in [5.41, 5.74) is 10.6. The van der Waals surface area contributed by atoms with Gasteiger partial charge in [-0.1, -0.05) is 6.07 Å². The number of nitriles is 1. The number of anilines is 2. The summed E-state index contributed by atoms with van der Waals surface area (Å²) in [5.74, 6) is 0.889. The second-order valence-corrected chi connectivity index (χ2v) is 12.6. The molecule has 1 unspecified atom stereocenters. The first-order chi connectivity index (χ1) is 20.0. The number of aromatic nitrogens is 2. The molecule has 0 bridgehead atoms. The summed E-state index contributed by atoms with van der Waals surface area (Å²) >= 11 is 0. The molecule has 1 aliphatic carbocycles. The zero-order valence-corrected chi connectivity index (χ0v) is 23.6. The van der Waals surface area contributed by atoms with Crippen LogP contribution in [0.1, 0.15) is 60.9 Å². The first-order valence-electron chi connectivity index (χ1n) is 15.1. The van der Waals surface area contributed by atoms with Gasteiger partial charge in [-0.3, -0.25) is 4.90 Å². The van der Waals surface area contributed by atoms with Crippen LogP contribution in [0.3, 0.4) is 0 Å². The van der Waals surface area contributed by atoms with Crippen LogP contribution in [0.2, 0.25) is 0 Å². The molecule has 10 heteroatoms. The Balaban J connectivity index is 1.25. The Hall–Kier alpha value is -3.00. The van der Waals surface area contributed by atoms with Crippen LogP contribution in [0.4, 0.5) is 15.9 Å². The number of nitrogens with zero attached hydrogens (tertiary/aromatic N) is 5. The van der Waals surface area contributed by atoms with Crippen molar-refractivity contribution in [1.29, 1.82) is 5.26 Å². The van der Waals surface area contributed by atoms with Gasteiger partial charge in [0.2, 0.25) is 0 Å². The van der Waals surface area contributed by atoms with Gasteiger partial charge in [0.05, 0.1) is 42.7 Å². The average Bonchev–Trinajstić information content (AvgIpc) is 3.38. The summed E-state index contributed by atoms with van der Waals surface area (Å²) < 4.78 is 33.5. The summed E-state index contributed by atoms with van der Waals surface area (Å²) in [5, 5.41) is 9.38. The van der Waals surface area contributed by atoms with Crippen molar-refractivity contribution in [2.45, 2.75) is 75.3 Å². The molecule has 2 aromatic rings. The number of hydrogen-bond donors (Lipinski definition) is 1. The Morgan fingerprint density at radius 1 is 1.20 bits per heavy atom. The molecular formula is C31H39FN6O3. The van der Waals surface area contributed by atoms with Gasteiger partial charge < -0.3 is 24.8 Å². The molecule has 1 spiro atoms. The van der Waals surface area contributed by atoms with Gasteiger partial charge in [-0.15, -0.1) is 0 Å². The van der Waals surface area contributed by atoms with E-state index < -0.39 is 11.8 Å². The zero-order chi connectivity index (χ0) is 28.0. The van der Waals surface area contributed by atoms with Crippen LogP contribution in [0.5, 0.6) is 6.01 Å². The monoisotopic (exact) mass is 562 g/mol. The quantitative estimate of drug-likeness (QED) is 0.546. The Morgan fingerprint density at radius 3 is 3.02 bits per heavy atom. The van der Waals surface area contributed by atoms with Crippen molar-refractivity contribution in [1.82, 2.24) is 14.9 Å². The minimum atomic E-state index is -0.816. The van der Waals surface area contributed by atoms with Gasteiger partial charge >= 0.3 is 6.01 Å². The number of fused-ring (bicyclic) bond motifs is 4. The Kier molecular flexibility index (Phi) is 7.00. The van der Waals surface area contributed by atoms with E-state index in [0.29, 0.717) is 71.3 Å². The SMILES string of the molecule is N#CCC1COCCN(c2nc(OC[C@@]34CCCN3C[C@H](F)C4)nc3c2CO[C@@]2(CCCc4ccc(N)cc42)C3)C1. The van der Waals surface area contributed by atoms with Crippen molar-refractivity contribution in [2.24, 2.45) is 5.92 Å². The number of nitrogen functional groups attached to an aromatic ring is 1. The predicted molar refractivity (Wildman–Crippen MR) is 151 cm³/mol. The summed E-state index contributed by atoms with van der Waals surface area (Å²) in [6, 6.07) is 8.81. The summed E-state index contributed by atoms with van der Waals surface area (Å²) in [7, 11) is 0. The molecule has 4 atom stereocenters. The fraction of sp³-hybridized carbons (Fsp3) is 0.645. The number of halogens is 1. The third kappa shape index (κ3) is 4.92. The van der Waals surface area contributed by atoms with Crippen LogP contribution >= 0.6 is 0 Å². The molecule has 218 valence electrons. The van der Waals surface area contributed by atoms with E-state index in [1.54, 1.807) is 0 Å². The van der Waals surface area contributed by atoms with Crippen molar-refractivity contribution in [3.8, 4) is 12.1 Å². The third-order valence-electron chi connectivity index (χ3n) is 9.90. The number of benzene rings is 1. The highest BCUT2D eigenvalue weighted by Crippen LogP contribution is 2.47. The smallest absolute Gasteiger partial charge is 0.318 e. The summed E-state index contributed by atoms with van der Waals surface area (Å²) in [6.45, 7) is 4.62. The highest BCUT2D eigenvalue weighted by atomic mass is 19.1.